The molecule has 0 radical (unpaired) electrons. The van der Waals surface area contributed by atoms with Gasteiger partial charge < -0.3 is 10.6 Å². The van der Waals surface area contributed by atoms with Crippen molar-refractivity contribution in [2.45, 2.75) is 17.6 Å². The van der Waals surface area contributed by atoms with Crippen molar-refractivity contribution >= 4 is 29.2 Å². The van der Waals surface area contributed by atoms with E-state index in [9.17, 15) is 8.78 Å². The Bertz CT molecular complexity index is 566. The summed E-state index contributed by atoms with van der Waals surface area (Å²) in [6.07, 6.45) is 1.61. The molecular formula is C13H14F2N4S. The number of alkyl halides is 2. The van der Waals surface area contributed by atoms with Gasteiger partial charge >= 0.3 is 0 Å². The summed E-state index contributed by atoms with van der Waals surface area (Å²) in [5, 5.41) is 6.02. The van der Waals surface area contributed by atoms with Crippen LogP contribution in [0.1, 0.15) is 6.92 Å². The maximum Gasteiger partial charge on any atom is 0.288 e. The zero-order chi connectivity index (χ0) is 14.4. The summed E-state index contributed by atoms with van der Waals surface area (Å²) in [5.74, 6) is -1.41. The number of thioether (sulfide) groups is 1. The molecular weight excluding hydrogens is 282 g/mol. The minimum Gasteiger partial charge on any atom is -0.354 e. The SMILES string of the molecule is CCNc1nccc(Nc2ccccc2SC(F)F)n1. The Balaban J connectivity index is 2.19. The van der Waals surface area contributed by atoms with Gasteiger partial charge in [0.05, 0.1) is 5.69 Å². The fraction of sp³-hybridized carbons (Fsp3) is 0.231. The van der Waals surface area contributed by atoms with E-state index in [1.165, 1.54) is 0 Å². The van der Waals surface area contributed by atoms with Crippen LogP contribution in [0, 0.1) is 0 Å². The molecule has 7 heteroatoms. The maximum atomic E-state index is 12.5. The van der Waals surface area contributed by atoms with Crippen LogP contribution in [0.5, 0.6) is 0 Å². The van der Waals surface area contributed by atoms with Crippen LogP contribution in [0.25, 0.3) is 0 Å². The third kappa shape index (κ3) is 4.06. The topological polar surface area (TPSA) is 49.8 Å². The molecule has 0 atom stereocenters. The number of anilines is 3. The highest BCUT2D eigenvalue weighted by molar-refractivity contribution is 7.99. The molecule has 0 spiro atoms. The van der Waals surface area contributed by atoms with Gasteiger partial charge in [-0.3, -0.25) is 0 Å². The van der Waals surface area contributed by atoms with E-state index in [0.29, 0.717) is 40.7 Å². The number of halogens is 2. The molecule has 20 heavy (non-hydrogen) atoms. The molecule has 0 saturated carbocycles. The van der Waals surface area contributed by atoms with Crippen molar-refractivity contribution in [2.75, 3.05) is 17.2 Å². The second-order valence-electron chi connectivity index (χ2n) is 3.80. The summed E-state index contributed by atoms with van der Waals surface area (Å²) in [5.41, 5.74) is 0.596. The average molecular weight is 296 g/mol. The molecule has 2 aromatic rings. The Morgan fingerprint density at radius 1 is 1.25 bits per heavy atom. The smallest absolute Gasteiger partial charge is 0.288 e. The Kier molecular flexibility index (Phi) is 5.11. The van der Waals surface area contributed by atoms with Gasteiger partial charge in [0, 0.05) is 17.6 Å². The van der Waals surface area contributed by atoms with E-state index in [0.717, 1.165) is 0 Å². The van der Waals surface area contributed by atoms with Crippen LogP contribution in [0.4, 0.5) is 26.2 Å². The van der Waals surface area contributed by atoms with Gasteiger partial charge in [-0.25, -0.2) is 4.98 Å². The molecule has 1 heterocycles. The molecule has 0 aliphatic rings. The van der Waals surface area contributed by atoms with E-state index in [2.05, 4.69) is 20.6 Å². The van der Waals surface area contributed by atoms with Crippen molar-refractivity contribution in [3.63, 3.8) is 0 Å². The Labute approximate surface area is 120 Å². The maximum absolute atomic E-state index is 12.5. The predicted octanol–water partition coefficient (Wildman–Crippen LogP) is 3.97. The van der Waals surface area contributed by atoms with Gasteiger partial charge in [0.2, 0.25) is 5.95 Å². The number of para-hydroxylation sites is 1. The second kappa shape index (κ2) is 7.04. The van der Waals surface area contributed by atoms with Crippen molar-refractivity contribution in [3.05, 3.63) is 36.5 Å². The summed E-state index contributed by atoms with van der Waals surface area (Å²) < 4.78 is 25.0. The van der Waals surface area contributed by atoms with E-state index >= 15 is 0 Å². The minimum atomic E-state index is -2.46. The summed E-state index contributed by atoms with van der Waals surface area (Å²) in [4.78, 5) is 8.78. The van der Waals surface area contributed by atoms with E-state index in [1.807, 2.05) is 6.92 Å². The number of nitrogens with one attached hydrogen (secondary N) is 2. The van der Waals surface area contributed by atoms with Crippen molar-refractivity contribution in [1.82, 2.24) is 9.97 Å². The molecule has 2 rings (SSSR count). The number of hydrogen-bond donors (Lipinski definition) is 2. The third-order valence-corrected chi connectivity index (χ3v) is 3.14. The molecule has 1 aromatic heterocycles. The first-order chi connectivity index (χ1) is 9.69. The number of aromatic nitrogens is 2. The monoisotopic (exact) mass is 296 g/mol. The van der Waals surface area contributed by atoms with Crippen molar-refractivity contribution in [3.8, 4) is 0 Å². The van der Waals surface area contributed by atoms with Gasteiger partial charge in [-0.15, -0.1) is 0 Å². The summed E-state index contributed by atoms with van der Waals surface area (Å²) in [6, 6.07) is 8.57. The number of hydrogen-bond acceptors (Lipinski definition) is 5. The molecule has 0 fully saturated rings. The fourth-order valence-electron chi connectivity index (χ4n) is 1.58. The summed E-state index contributed by atoms with van der Waals surface area (Å²) in [6.45, 7) is 2.65. The lowest BCUT2D eigenvalue weighted by Crippen LogP contribution is -2.04. The van der Waals surface area contributed by atoms with Crippen LogP contribution in [-0.4, -0.2) is 22.3 Å². The van der Waals surface area contributed by atoms with E-state index < -0.39 is 5.76 Å². The molecule has 2 N–H and O–H groups in total. The lowest BCUT2D eigenvalue weighted by Gasteiger charge is -2.11. The molecule has 0 saturated heterocycles. The summed E-state index contributed by atoms with van der Waals surface area (Å²) >= 11 is 0.504. The molecule has 0 aliphatic heterocycles. The fourth-order valence-corrected chi connectivity index (χ4v) is 2.17. The van der Waals surface area contributed by atoms with Crippen molar-refractivity contribution in [1.29, 1.82) is 0 Å². The van der Waals surface area contributed by atoms with Crippen LogP contribution < -0.4 is 10.6 Å². The molecule has 4 nitrogen and oxygen atoms in total. The Morgan fingerprint density at radius 3 is 2.80 bits per heavy atom. The normalized spacial score (nSPS) is 10.6. The molecule has 106 valence electrons. The van der Waals surface area contributed by atoms with Gasteiger partial charge in [-0.2, -0.15) is 13.8 Å². The number of benzene rings is 1. The first-order valence-electron chi connectivity index (χ1n) is 6.07. The van der Waals surface area contributed by atoms with Crippen molar-refractivity contribution < 1.29 is 8.78 Å². The molecule has 0 aliphatic carbocycles. The van der Waals surface area contributed by atoms with Crippen LogP contribution in [0.3, 0.4) is 0 Å². The highest BCUT2D eigenvalue weighted by Crippen LogP contribution is 2.32. The lowest BCUT2D eigenvalue weighted by molar-refractivity contribution is 0.252. The second-order valence-corrected chi connectivity index (χ2v) is 4.83. The standard InChI is InChI=1S/C13H14F2N4S/c1-2-16-13-17-8-7-11(19-13)18-9-5-3-4-6-10(9)20-12(14)15/h3-8,12H,2H2,1H3,(H2,16,17,18,19). The van der Waals surface area contributed by atoms with Crippen LogP contribution >= 0.6 is 11.8 Å². The zero-order valence-corrected chi connectivity index (χ0v) is 11.6. The Morgan fingerprint density at radius 2 is 2.05 bits per heavy atom. The number of nitrogens with zero attached hydrogens (tertiary/aromatic N) is 2. The highest BCUT2D eigenvalue weighted by atomic mass is 32.2. The molecule has 1 aromatic carbocycles. The first kappa shape index (κ1) is 14.5. The Hall–Kier alpha value is -1.89. The molecule has 0 bridgehead atoms. The van der Waals surface area contributed by atoms with Gasteiger partial charge in [0.15, 0.2) is 0 Å². The highest BCUT2D eigenvalue weighted by Gasteiger charge is 2.10. The summed E-state index contributed by atoms with van der Waals surface area (Å²) in [7, 11) is 0. The quantitative estimate of drug-likeness (QED) is 0.790. The number of rotatable bonds is 6. The molecule has 0 unspecified atom stereocenters. The predicted molar refractivity (Wildman–Crippen MR) is 77.8 cm³/mol. The van der Waals surface area contributed by atoms with E-state index in [1.54, 1.807) is 36.5 Å². The molecule has 0 amide bonds. The average Bonchev–Trinajstić information content (AvgIpc) is 2.41. The van der Waals surface area contributed by atoms with E-state index in [-0.39, 0.29) is 0 Å². The van der Waals surface area contributed by atoms with Crippen molar-refractivity contribution in [2.24, 2.45) is 0 Å². The minimum absolute atomic E-state index is 0.478. The third-order valence-electron chi connectivity index (χ3n) is 2.36. The van der Waals surface area contributed by atoms with Crippen LogP contribution in [-0.2, 0) is 0 Å². The van der Waals surface area contributed by atoms with Crippen LogP contribution in [0.15, 0.2) is 41.4 Å². The largest absolute Gasteiger partial charge is 0.354 e. The zero-order valence-electron chi connectivity index (χ0n) is 10.8. The van der Waals surface area contributed by atoms with Gasteiger partial charge in [0.1, 0.15) is 5.82 Å². The van der Waals surface area contributed by atoms with E-state index in [4.69, 9.17) is 0 Å². The lowest BCUT2D eigenvalue weighted by atomic mass is 10.3. The van der Waals surface area contributed by atoms with Gasteiger partial charge in [-0.05, 0) is 25.1 Å². The van der Waals surface area contributed by atoms with Gasteiger partial charge in [-0.1, -0.05) is 23.9 Å². The first-order valence-corrected chi connectivity index (χ1v) is 6.94. The van der Waals surface area contributed by atoms with Crippen LogP contribution in [0.2, 0.25) is 0 Å². The van der Waals surface area contributed by atoms with Gasteiger partial charge in [0.25, 0.3) is 5.76 Å².